The fourth-order valence-electron chi connectivity index (χ4n) is 2.10. The summed E-state index contributed by atoms with van der Waals surface area (Å²) in [6.45, 7) is 0. The second kappa shape index (κ2) is 5.89. The van der Waals surface area contributed by atoms with Crippen molar-refractivity contribution in [1.82, 2.24) is 5.32 Å². The van der Waals surface area contributed by atoms with Crippen LogP contribution < -0.4 is 5.32 Å². The zero-order valence-electron chi connectivity index (χ0n) is 9.76. The molecule has 98 valence electrons. The van der Waals surface area contributed by atoms with Crippen LogP contribution in [-0.4, -0.2) is 17.3 Å². The Kier molecular flexibility index (Phi) is 4.46. The van der Waals surface area contributed by atoms with Crippen molar-refractivity contribution >= 4 is 29.1 Å². The van der Waals surface area contributed by atoms with Crippen molar-refractivity contribution < 1.29 is 9.18 Å². The molecule has 0 aliphatic heterocycles. The Bertz CT molecular complexity index is 445. The minimum absolute atomic E-state index is 0.0224. The molecule has 0 bridgehead atoms. The summed E-state index contributed by atoms with van der Waals surface area (Å²) >= 11 is 11.6. The summed E-state index contributed by atoms with van der Waals surface area (Å²) in [7, 11) is 0. The van der Waals surface area contributed by atoms with Gasteiger partial charge in [0.2, 0.25) is 0 Å². The second-order valence-electron chi connectivity index (χ2n) is 4.55. The third kappa shape index (κ3) is 3.36. The zero-order valence-corrected chi connectivity index (χ0v) is 11.3. The molecule has 0 unspecified atom stereocenters. The van der Waals surface area contributed by atoms with Gasteiger partial charge in [-0.2, -0.15) is 0 Å². The Balaban J connectivity index is 1.97. The van der Waals surface area contributed by atoms with Crippen LogP contribution in [0.4, 0.5) is 4.39 Å². The molecular weight excluding hydrogens is 276 g/mol. The monoisotopic (exact) mass is 289 g/mol. The van der Waals surface area contributed by atoms with Gasteiger partial charge in [-0.3, -0.25) is 4.79 Å². The highest BCUT2D eigenvalue weighted by Crippen LogP contribution is 2.23. The lowest BCUT2D eigenvalue weighted by molar-refractivity contribution is 0.0927. The first-order valence-corrected chi connectivity index (χ1v) is 6.77. The van der Waals surface area contributed by atoms with Gasteiger partial charge in [0.1, 0.15) is 5.82 Å². The number of carbonyl (C=O) groups excluding carboxylic acids is 1. The number of hydrogen-bond acceptors (Lipinski definition) is 1. The van der Waals surface area contributed by atoms with Gasteiger partial charge >= 0.3 is 0 Å². The highest BCUT2D eigenvalue weighted by atomic mass is 35.5. The van der Waals surface area contributed by atoms with Gasteiger partial charge in [0.25, 0.3) is 5.91 Å². The maximum atomic E-state index is 13.2. The van der Waals surface area contributed by atoms with Crippen molar-refractivity contribution in [1.29, 1.82) is 0 Å². The smallest absolute Gasteiger partial charge is 0.251 e. The second-order valence-corrected chi connectivity index (χ2v) is 5.58. The average Bonchev–Trinajstić information content (AvgIpc) is 2.35. The van der Waals surface area contributed by atoms with Crippen LogP contribution >= 0.6 is 23.2 Å². The third-order valence-electron chi connectivity index (χ3n) is 3.17. The fraction of sp³-hybridized carbons (Fsp3) is 0.462. The van der Waals surface area contributed by atoms with E-state index in [4.69, 9.17) is 23.2 Å². The summed E-state index contributed by atoms with van der Waals surface area (Å²) in [5.74, 6) is -0.836. The number of benzene rings is 1. The summed E-state index contributed by atoms with van der Waals surface area (Å²) in [6.07, 6.45) is 3.55. The SMILES string of the molecule is O=C(NC1CCC(Cl)CC1)c1ccc(Cl)c(F)c1. The molecule has 5 heteroatoms. The zero-order chi connectivity index (χ0) is 13.1. The predicted octanol–water partition coefficient (Wildman–Crippen LogP) is 3.76. The molecule has 0 heterocycles. The number of amides is 1. The van der Waals surface area contributed by atoms with Gasteiger partial charge in [-0.1, -0.05) is 11.6 Å². The molecule has 0 radical (unpaired) electrons. The van der Waals surface area contributed by atoms with Crippen LogP contribution in [0.3, 0.4) is 0 Å². The van der Waals surface area contributed by atoms with E-state index in [0.29, 0.717) is 5.56 Å². The quantitative estimate of drug-likeness (QED) is 0.826. The molecular formula is C13H14Cl2FNO. The number of alkyl halides is 1. The maximum absolute atomic E-state index is 13.2. The molecule has 0 atom stereocenters. The molecule has 1 amide bonds. The maximum Gasteiger partial charge on any atom is 0.251 e. The van der Waals surface area contributed by atoms with Crippen LogP contribution in [0.15, 0.2) is 18.2 Å². The third-order valence-corrected chi connectivity index (χ3v) is 3.92. The first-order valence-electron chi connectivity index (χ1n) is 5.96. The van der Waals surface area contributed by atoms with Gasteiger partial charge < -0.3 is 5.32 Å². The van der Waals surface area contributed by atoms with Crippen molar-refractivity contribution in [2.24, 2.45) is 0 Å². The van der Waals surface area contributed by atoms with Crippen molar-refractivity contribution in [2.75, 3.05) is 0 Å². The molecule has 1 N–H and O–H groups in total. The highest BCUT2D eigenvalue weighted by molar-refractivity contribution is 6.30. The van der Waals surface area contributed by atoms with E-state index in [1.807, 2.05) is 0 Å². The van der Waals surface area contributed by atoms with Gasteiger partial charge in [0.15, 0.2) is 0 Å². The Hall–Kier alpha value is -0.800. The highest BCUT2D eigenvalue weighted by Gasteiger charge is 2.21. The molecule has 2 rings (SSSR count). The Morgan fingerprint density at radius 1 is 1.28 bits per heavy atom. The molecule has 1 aliphatic carbocycles. The van der Waals surface area contributed by atoms with E-state index in [9.17, 15) is 9.18 Å². The standard InChI is InChI=1S/C13H14Cl2FNO/c14-9-2-4-10(5-3-9)17-13(18)8-1-6-11(15)12(16)7-8/h1,6-7,9-10H,2-5H2,(H,17,18). The van der Waals surface area contributed by atoms with Crippen LogP contribution in [0.2, 0.25) is 5.02 Å². The molecule has 1 saturated carbocycles. The predicted molar refractivity (Wildman–Crippen MR) is 70.8 cm³/mol. The molecule has 2 nitrogen and oxygen atoms in total. The van der Waals surface area contributed by atoms with Gasteiger partial charge in [0, 0.05) is 17.0 Å². The van der Waals surface area contributed by atoms with E-state index in [1.165, 1.54) is 12.1 Å². The average molecular weight is 290 g/mol. The van der Waals surface area contributed by atoms with E-state index in [2.05, 4.69) is 5.32 Å². The van der Waals surface area contributed by atoms with Crippen LogP contribution in [-0.2, 0) is 0 Å². The summed E-state index contributed by atoms with van der Waals surface area (Å²) in [5.41, 5.74) is 0.296. The van der Waals surface area contributed by atoms with Crippen LogP contribution in [0.5, 0.6) is 0 Å². The molecule has 1 aromatic rings. The van der Waals surface area contributed by atoms with Crippen LogP contribution in [0.1, 0.15) is 36.0 Å². The van der Waals surface area contributed by atoms with Crippen LogP contribution in [0, 0.1) is 5.82 Å². The molecule has 0 aromatic heterocycles. The Labute approximate surface area is 115 Å². The van der Waals surface area contributed by atoms with Gasteiger partial charge in [0.05, 0.1) is 5.02 Å². The molecule has 0 saturated heterocycles. The summed E-state index contributed by atoms with van der Waals surface area (Å²) in [4.78, 5) is 11.9. The number of hydrogen-bond donors (Lipinski definition) is 1. The van der Waals surface area contributed by atoms with Crippen molar-refractivity contribution in [3.8, 4) is 0 Å². The van der Waals surface area contributed by atoms with Crippen molar-refractivity contribution in [2.45, 2.75) is 37.1 Å². The van der Waals surface area contributed by atoms with Crippen LogP contribution in [0.25, 0.3) is 0 Å². The fourth-order valence-corrected chi connectivity index (χ4v) is 2.47. The normalized spacial score (nSPS) is 23.7. The van der Waals surface area contributed by atoms with E-state index < -0.39 is 5.82 Å². The van der Waals surface area contributed by atoms with Gasteiger partial charge in [-0.05, 0) is 43.9 Å². The molecule has 1 aliphatic rings. The summed E-state index contributed by atoms with van der Waals surface area (Å²) in [5, 5.41) is 3.13. The van der Waals surface area contributed by atoms with Crippen molar-refractivity contribution in [3.63, 3.8) is 0 Å². The lowest BCUT2D eigenvalue weighted by Crippen LogP contribution is -2.37. The molecule has 18 heavy (non-hydrogen) atoms. The van der Waals surface area contributed by atoms with Crippen molar-refractivity contribution in [3.05, 3.63) is 34.6 Å². The first kappa shape index (κ1) is 13.6. The minimum Gasteiger partial charge on any atom is -0.349 e. The topological polar surface area (TPSA) is 29.1 Å². The van der Waals surface area contributed by atoms with E-state index >= 15 is 0 Å². The minimum atomic E-state index is -0.575. The number of nitrogens with one attached hydrogen (secondary N) is 1. The molecule has 0 spiro atoms. The lowest BCUT2D eigenvalue weighted by atomic mass is 9.95. The van der Waals surface area contributed by atoms with E-state index in [0.717, 1.165) is 31.7 Å². The Morgan fingerprint density at radius 3 is 2.56 bits per heavy atom. The summed E-state index contributed by atoms with van der Waals surface area (Å²) in [6, 6.07) is 4.20. The van der Waals surface area contributed by atoms with E-state index in [1.54, 1.807) is 0 Å². The first-order chi connectivity index (χ1) is 8.56. The summed E-state index contributed by atoms with van der Waals surface area (Å²) < 4.78 is 13.2. The number of carbonyl (C=O) groups is 1. The van der Waals surface area contributed by atoms with Gasteiger partial charge in [-0.15, -0.1) is 11.6 Å². The lowest BCUT2D eigenvalue weighted by Gasteiger charge is -2.25. The van der Waals surface area contributed by atoms with Gasteiger partial charge in [-0.25, -0.2) is 4.39 Å². The number of halogens is 3. The molecule has 1 aromatic carbocycles. The largest absolute Gasteiger partial charge is 0.349 e. The van der Waals surface area contributed by atoms with E-state index in [-0.39, 0.29) is 22.3 Å². The molecule has 1 fully saturated rings. The number of rotatable bonds is 2. The Morgan fingerprint density at radius 2 is 1.94 bits per heavy atom.